The number of esters is 2. The monoisotopic (exact) mass is 1140 g/mol. The maximum Gasteiger partial charge on any atom is 0.317 e. The Kier molecular flexibility index (Phi) is 33.1. The smallest absolute Gasteiger partial charge is 0.317 e. The Labute approximate surface area is 474 Å². The molecule has 1 saturated heterocycles. The lowest BCUT2D eigenvalue weighted by Gasteiger charge is -2.45. The summed E-state index contributed by atoms with van der Waals surface area (Å²) in [7, 11) is 1.63. The van der Waals surface area contributed by atoms with Crippen LogP contribution in [-0.2, 0) is 28.6 Å². The van der Waals surface area contributed by atoms with Crippen LogP contribution in [0.15, 0.2) is 53.6 Å². The van der Waals surface area contributed by atoms with E-state index >= 15 is 0 Å². The van der Waals surface area contributed by atoms with E-state index in [1.54, 1.807) is 59.9 Å². The molecule has 15 N–H and O–H groups in total. The predicted octanol–water partition coefficient (Wildman–Crippen LogP) is 3.30. The number of aliphatic hydroxyl groups excluding tert-OH is 10. The Morgan fingerprint density at radius 1 is 0.762 bits per heavy atom. The van der Waals surface area contributed by atoms with Gasteiger partial charge in [0.05, 0.1) is 67.0 Å². The quantitative estimate of drug-likeness (QED) is 0.0296. The molecule has 2 aliphatic heterocycles. The molecule has 2 heterocycles. The van der Waals surface area contributed by atoms with Crippen LogP contribution in [-0.4, -0.2) is 184 Å². The maximum atomic E-state index is 13.8. The Balaban J connectivity index is 2.43. The van der Waals surface area contributed by atoms with Crippen LogP contribution >= 0.6 is 0 Å². The largest absolute Gasteiger partial charge is 0.481 e. The molecule has 0 saturated carbocycles. The van der Waals surface area contributed by atoms with Gasteiger partial charge in [0.1, 0.15) is 24.7 Å². The summed E-state index contributed by atoms with van der Waals surface area (Å²) in [6.45, 7) is 14.8. The fourth-order valence-corrected chi connectivity index (χ4v) is 10.3. The van der Waals surface area contributed by atoms with Crippen LogP contribution in [0.5, 0.6) is 0 Å². The number of aliphatic carboxylic acids is 1. The molecule has 22 atom stereocenters. The van der Waals surface area contributed by atoms with Crippen molar-refractivity contribution >= 4 is 23.9 Å². The molecular weight excluding hydrogens is 1040 g/mol. The molecule has 462 valence electrons. The molecule has 0 aliphatic carbocycles. The Morgan fingerprint density at radius 3 is 2.05 bits per heavy atom. The summed E-state index contributed by atoms with van der Waals surface area (Å²) in [6.07, 6.45) is -0.165. The number of unbranched alkanes of at least 4 members (excludes halogenated alkanes) is 2. The minimum Gasteiger partial charge on any atom is -0.481 e. The van der Waals surface area contributed by atoms with Crippen molar-refractivity contribution in [1.29, 1.82) is 0 Å². The third kappa shape index (κ3) is 26.2. The average molecular weight is 1140 g/mol. The van der Waals surface area contributed by atoms with Crippen molar-refractivity contribution in [2.45, 2.75) is 237 Å². The third-order valence-electron chi connectivity index (χ3n) is 16.2. The number of guanidine groups is 1. The summed E-state index contributed by atoms with van der Waals surface area (Å²) in [4.78, 5) is 41.7. The number of cyclic esters (lactones) is 1. The van der Waals surface area contributed by atoms with Crippen LogP contribution in [0, 0.1) is 47.3 Å². The number of fused-ring (bicyclic) bond motifs is 2. The number of carbonyl (C=O) groups excluding carboxylic acids is 2. The minimum atomic E-state index is -2.54. The molecule has 0 amide bonds. The first-order chi connectivity index (χ1) is 37.5. The van der Waals surface area contributed by atoms with Gasteiger partial charge in [-0.05, 0) is 76.0 Å². The molecule has 2 rings (SSSR count). The van der Waals surface area contributed by atoms with E-state index in [0.717, 1.165) is 45.1 Å². The lowest BCUT2D eigenvalue weighted by atomic mass is 9.83. The number of nitrogens with two attached hydrogens (primary N) is 1. The highest BCUT2D eigenvalue weighted by Crippen LogP contribution is 2.36. The van der Waals surface area contributed by atoms with Crippen molar-refractivity contribution in [3.8, 4) is 0 Å². The van der Waals surface area contributed by atoms with Gasteiger partial charge in [0.2, 0.25) is 0 Å². The molecule has 0 radical (unpaired) electrons. The van der Waals surface area contributed by atoms with Gasteiger partial charge in [0.25, 0.3) is 0 Å². The van der Waals surface area contributed by atoms with E-state index < -0.39 is 145 Å². The lowest BCUT2D eigenvalue weighted by Crippen LogP contribution is -2.60. The zero-order valence-corrected chi connectivity index (χ0v) is 48.9. The number of rotatable bonds is 14. The Morgan fingerprint density at radius 2 is 1.40 bits per heavy atom. The summed E-state index contributed by atoms with van der Waals surface area (Å²) < 4.78 is 17.5. The number of carbonyl (C=O) groups is 3. The second kappa shape index (κ2) is 36.7. The van der Waals surface area contributed by atoms with Crippen LogP contribution in [0.1, 0.15) is 152 Å². The minimum absolute atomic E-state index is 0.0716. The zero-order chi connectivity index (χ0) is 60.4. The van der Waals surface area contributed by atoms with Crippen molar-refractivity contribution in [2.75, 3.05) is 13.6 Å². The maximum absolute atomic E-state index is 13.8. The first-order valence-corrected chi connectivity index (χ1v) is 29.0. The van der Waals surface area contributed by atoms with Crippen LogP contribution in [0.25, 0.3) is 0 Å². The molecule has 1 fully saturated rings. The topological polar surface area (TPSA) is 372 Å². The summed E-state index contributed by atoms with van der Waals surface area (Å²) in [5.74, 6) is -9.43. The Bertz CT molecular complexity index is 1960. The van der Waals surface area contributed by atoms with Gasteiger partial charge in [0.15, 0.2) is 11.7 Å². The highest BCUT2D eigenvalue weighted by molar-refractivity contribution is 5.90. The molecule has 0 aromatic carbocycles. The number of aliphatic hydroxyl groups is 11. The van der Waals surface area contributed by atoms with E-state index in [-0.39, 0.29) is 62.7 Å². The summed E-state index contributed by atoms with van der Waals surface area (Å²) >= 11 is 0. The summed E-state index contributed by atoms with van der Waals surface area (Å²) in [5, 5.41) is 135. The van der Waals surface area contributed by atoms with Gasteiger partial charge in [-0.2, -0.15) is 0 Å². The summed E-state index contributed by atoms with van der Waals surface area (Å²) in [6, 6.07) is 0. The normalized spacial score (nSPS) is 38.9. The zero-order valence-electron chi connectivity index (χ0n) is 48.9. The Hall–Kier alpha value is -3.84. The number of carboxylic acids is 1. The number of ether oxygens (including phenoxy) is 3. The first-order valence-electron chi connectivity index (χ1n) is 29.0. The molecule has 80 heavy (non-hydrogen) atoms. The third-order valence-corrected chi connectivity index (χ3v) is 16.2. The van der Waals surface area contributed by atoms with E-state index in [2.05, 4.69) is 29.4 Å². The van der Waals surface area contributed by atoms with E-state index in [1.165, 1.54) is 12.2 Å². The molecular formula is C59H103N3O18. The average Bonchev–Trinajstić information content (AvgIpc) is 3.38. The van der Waals surface area contributed by atoms with Gasteiger partial charge in [-0.25, -0.2) is 0 Å². The molecule has 21 heteroatoms. The van der Waals surface area contributed by atoms with Crippen molar-refractivity contribution in [2.24, 2.45) is 58.1 Å². The number of nitrogens with one attached hydrogen (secondary N) is 1. The highest BCUT2D eigenvalue weighted by atomic mass is 16.7. The molecule has 0 spiro atoms. The van der Waals surface area contributed by atoms with Crippen molar-refractivity contribution in [3.05, 3.63) is 48.6 Å². The number of carboxylic acid groups (broad SMARTS) is 1. The predicted molar refractivity (Wildman–Crippen MR) is 302 cm³/mol. The second-order valence-electron chi connectivity index (χ2n) is 23.4. The first kappa shape index (κ1) is 72.3. The number of hydrogen-bond acceptors (Lipinski definition) is 18. The van der Waals surface area contributed by atoms with Gasteiger partial charge >= 0.3 is 17.9 Å². The van der Waals surface area contributed by atoms with Gasteiger partial charge in [0, 0.05) is 69.4 Å². The van der Waals surface area contributed by atoms with Crippen LogP contribution in [0.3, 0.4) is 0 Å². The standard InChI is InChI=1S/C59H103N3O18/c1-34(18-14-12-10-11-13-17-25-62-58(60)61-9)26-38(5)55-37(4)19-15-16-20-45(64)39(6)49(68)28-42(63)27-43(78-54(74)32-53(72)73)29-44-30-51(70)56(75)59(77,80-44)33-52(71)36(3)22-23-46(65)40(7)50(69)31-48(67)35(2)21-24-47(66)41(8)57(76)79-55/h10-11,15-16,19-21,24,34-52,55-56,63-71,75,77H,12-14,17-18,22-23,25-33H2,1-9H3,(H,72,73)(H3,60,61,62)/b11-10+,19-15+,20-16+,24-21+/t34-,35-,36-,37-,38-,39-,40+,41+,42+,43-,44-,45+,46+,47+,48+,49+,50-,51-,52-,55-,56+,59-/m1/s1. The fourth-order valence-electron chi connectivity index (χ4n) is 10.3. The van der Waals surface area contributed by atoms with E-state index in [9.17, 15) is 75.7 Å². The number of hydrogen-bond donors (Lipinski definition) is 14. The number of allylic oxidation sites excluding steroid dienone is 4. The van der Waals surface area contributed by atoms with E-state index in [4.69, 9.17) is 19.9 Å². The fraction of sp³-hybridized carbons (Fsp3) is 0.797. The van der Waals surface area contributed by atoms with E-state index in [0.29, 0.717) is 5.96 Å². The van der Waals surface area contributed by atoms with Crippen LogP contribution in [0.2, 0.25) is 0 Å². The van der Waals surface area contributed by atoms with Crippen molar-refractivity contribution in [1.82, 2.24) is 5.32 Å². The van der Waals surface area contributed by atoms with Gasteiger partial charge < -0.3 is 86.5 Å². The van der Waals surface area contributed by atoms with Crippen LogP contribution < -0.4 is 11.1 Å². The second-order valence-corrected chi connectivity index (χ2v) is 23.4. The number of nitrogens with zero attached hydrogens (tertiary/aromatic N) is 1. The summed E-state index contributed by atoms with van der Waals surface area (Å²) in [5.41, 5.74) is 5.68. The molecule has 0 unspecified atom stereocenters. The van der Waals surface area contributed by atoms with Gasteiger partial charge in [-0.1, -0.05) is 103 Å². The van der Waals surface area contributed by atoms with Gasteiger partial charge in [-0.3, -0.25) is 19.4 Å². The van der Waals surface area contributed by atoms with Crippen molar-refractivity contribution < 1.29 is 89.9 Å². The van der Waals surface area contributed by atoms with Gasteiger partial charge in [-0.15, -0.1) is 0 Å². The molecule has 21 nitrogen and oxygen atoms in total. The SMILES string of the molecule is CN=C(N)NCCC/C=C/CCC[C@@H](C)C[C@@H](C)[C@@H]1OC(=O)[C@@H](C)[C@@H](O)/C=C/[C@@H](C)[C@@H](O)C[C@@H](O)[C@@H](C)[C@@H](O)CC[C@@H](C)[C@H](O)C[C@@]2(O)O[C@H](C[C@H](OC(=O)CC(=O)O)C[C@H](O)C[C@H](O)[C@H](C)[C@@H](O)/C=C/C=C/[C@H]1C)C[C@@H](O)[C@@H]2O. The molecule has 0 aromatic rings. The number of aliphatic imine (C=N–C) groups is 1. The molecule has 0 aromatic heterocycles. The molecule has 2 bridgehead atoms. The van der Waals surface area contributed by atoms with Crippen molar-refractivity contribution in [3.63, 3.8) is 0 Å². The lowest BCUT2D eigenvalue weighted by molar-refractivity contribution is -0.333. The molecule has 2 aliphatic rings. The van der Waals surface area contributed by atoms with E-state index in [1.807, 2.05) is 19.9 Å². The highest BCUT2D eigenvalue weighted by Gasteiger charge is 2.50. The van der Waals surface area contributed by atoms with Crippen LogP contribution in [0.4, 0.5) is 0 Å².